The van der Waals surface area contributed by atoms with Crippen LogP contribution in [0.3, 0.4) is 0 Å². The van der Waals surface area contributed by atoms with Crippen LogP contribution in [0, 0.1) is 27.7 Å². The fourth-order valence-corrected chi connectivity index (χ4v) is 3.68. The number of benzene rings is 2. The summed E-state index contributed by atoms with van der Waals surface area (Å²) in [5.74, 6) is 0.0776. The highest BCUT2D eigenvalue weighted by Gasteiger charge is 2.18. The molecule has 0 N–H and O–H groups in total. The van der Waals surface area contributed by atoms with Crippen molar-refractivity contribution in [1.29, 1.82) is 0 Å². The third kappa shape index (κ3) is 2.89. The molecule has 104 valence electrons. The topological polar surface area (TPSA) is 17.1 Å². The summed E-state index contributed by atoms with van der Waals surface area (Å²) in [4.78, 5) is 12.9. The molecule has 0 unspecified atom stereocenters. The lowest BCUT2D eigenvalue weighted by atomic mass is 9.89. The summed E-state index contributed by atoms with van der Waals surface area (Å²) < 4.78 is 1.80. The molecule has 0 radical (unpaired) electrons. The quantitative estimate of drug-likeness (QED) is 0.598. The van der Waals surface area contributed by atoms with E-state index in [1.165, 1.54) is 0 Å². The first-order valence-electron chi connectivity index (χ1n) is 6.39. The lowest BCUT2D eigenvalue weighted by Gasteiger charge is -2.14. The molecule has 0 spiro atoms. The smallest absolute Gasteiger partial charge is 0.193 e. The molecule has 3 heteroatoms. The second-order valence-corrected chi connectivity index (χ2v) is 6.95. The normalized spacial score (nSPS) is 10.7. The third-order valence-electron chi connectivity index (χ3n) is 3.72. The van der Waals surface area contributed by atoms with Crippen LogP contribution in [-0.4, -0.2) is 5.78 Å². The monoisotopic (exact) mass is 394 g/mol. The Kier molecular flexibility index (Phi) is 4.50. The van der Waals surface area contributed by atoms with Gasteiger partial charge in [0.05, 0.1) is 0 Å². The molecule has 0 aliphatic heterocycles. The van der Waals surface area contributed by atoms with Crippen molar-refractivity contribution in [3.8, 4) is 0 Å². The van der Waals surface area contributed by atoms with Gasteiger partial charge in [0.15, 0.2) is 5.78 Å². The Bertz CT molecular complexity index is 656. The number of rotatable bonds is 2. The van der Waals surface area contributed by atoms with E-state index in [9.17, 15) is 4.79 Å². The third-order valence-corrected chi connectivity index (χ3v) is 4.63. The molecule has 0 aliphatic carbocycles. The molecule has 1 nitrogen and oxygen atoms in total. The van der Waals surface area contributed by atoms with Crippen molar-refractivity contribution in [2.75, 3.05) is 0 Å². The summed E-state index contributed by atoms with van der Waals surface area (Å²) in [5, 5.41) is 0. The van der Waals surface area contributed by atoms with Gasteiger partial charge in [-0.2, -0.15) is 0 Å². The van der Waals surface area contributed by atoms with Gasteiger partial charge in [0.25, 0.3) is 0 Å². The van der Waals surface area contributed by atoms with Crippen LogP contribution in [0.2, 0.25) is 0 Å². The molecule has 0 aromatic heterocycles. The van der Waals surface area contributed by atoms with Crippen LogP contribution in [0.5, 0.6) is 0 Å². The van der Waals surface area contributed by atoms with E-state index in [0.29, 0.717) is 5.56 Å². The molecular weight excluding hydrogens is 380 g/mol. The molecule has 20 heavy (non-hydrogen) atoms. The average molecular weight is 396 g/mol. The summed E-state index contributed by atoms with van der Waals surface area (Å²) in [5.41, 5.74) is 5.97. The Labute approximate surface area is 136 Å². The van der Waals surface area contributed by atoms with Crippen molar-refractivity contribution in [1.82, 2.24) is 0 Å². The van der Waals surface area contributed by atoms with Gasteiger partial charge in [-0.05, 0) is 68.1 Å². The Morgan fingerprint density at radius 1 is 0.800 bits per heavy atom. The highest BCUT2D eigenvalue weighted by Crippen LogP contribution is 2.27. The molecule has 0 bridgehead atoms. The second kappa shape index (κ2) is 5.82. The lowest BCUT2D eigenvalue weighted by molar-refractivity contribution is 0.103. The molecule has 0 saturated heterocycles. The number of carbonyl (C=O) groups excluding carboxylic acids is 1. The van der Waals surface area contributed by atoms with Gasteiger partial charge in [0, 0.05) is 20.1 Å². The summed E-state index contributed by atoms with van der Waals surface area (Å²) in [7, 11) is 0. The first-order chi connectivity index (χ1) is 9.31. The zero-order chi connectivity index (χ0) is 15.0. The summed E-state index contributed by atoms with van der Waals surface area (Å²) in [6.07, 6.45) is 0. The second-order valence-electron chi connectivity index (χ2n) is 5.12. The first-order valence-corrected chi connectivity index (χ1v) is 7.98. The molecule has 0 heterocycles. The van der Waals surface area contributed by atoms with E-state index in [2.05, 4.69) is 51.8 Å². The molecule has 2 rings (SSSR count). The fraction of sp³-hybridized carbons (Fsp3) is 0.235. The first kappa shape index (κ1) is 15.5. The van der Waals surface area contributed by atoms with Gasteiger partial charge in [0.2, 0.25) is 0 Å². The van der Waals surface area contributed by atoms with Crippen LogP contribution >= 0.6 is 31.9 Å². The highest BCUT2D eigenvalue weighted by molar-refractivity contribution is 9.11. The maximum Gasteiger partial charge on any atom is 0.193 e. The molecular formula is C17H16Br2O. The van der Waals surface area contributed by atoms with Crippen molar-refractivity contribution in [3.63, 3.8) is 0 Å². The van der Waals surface area contributed by atoms with Crippen LogP contribution < -0.4 is 0 Å². The molecule has 0 amide bonds. The van der Waals surface area contributed by atoms with E-state index >= 15 is 0 Å². The number of carbonyl (C=O) groups is 1. The van der Waals surface area contributed by atoms with Gasteiger partial charge >= 0.3 is 0 Å². The van der Waals surface area contributed by atoms with E-state index in [1.54, 1.807) is 0 Å². The highest BCUT2D eigenvalue weighted by atomic mass is 79.9. The van der Waals surface area contributed by atoms with E-state index < -0.39 is 0 Å². The summed E-state index contributed by atoms with van der Waals surface area (Å²) in [6, 6.07) is 7.80. The molecule has 0 atom stereocenters. The van der Waals surface area contributed by atoms with Crippen LogP contribution in [0.15, 0.2) is 33.2 Å². The van der Waals surface area contributed by atoms with Gasteiger partial charge in [-0.1, -0.05) is 37.9 Å². The van der Waals surface area contributed by atoms with Gasteiger partial charge in [-0.25, -0.2) is 0 Å². The zero-order valence-electron chi connectivity index (χ0n) is 12.0. The number of hydrogen-bond acceptors (Lipinski definition) is 1. The largest absolute Gasteiger partial charge is 0.289 e. The number of hydrogen-bond donors (Lipinski definition) is 0. The minimum atomic E-state index is 0.0776. The number of halogens is 2. The van der Waals surface area contributed by atoms with E-state index in [1.807, 2.05) is 32.0 Å². The van der Waals surface area contributed by atoms with Crippen LogP contribution in [0.1, 0.15) is 38.2 Å². The van der Waals surface area contributed by atoms with Crippen LogP contribution in [0.25, 0.3) is 0 Å². The van der Waals surface area contributed by atoms with Crippen molar-refractivity contribution < 1.29 is 4.79 Å². The van der Waals surface area contributed by atoms with Gasteiger partial charge in [0.1, 0.15) is 0 Å². The van der Waals surface area contributed by atoms with Gasteiger partial charge in [-0.15, -0.1) is 0 Å². The van der Waals surface area contributed by atoms with Crippen molar-refractivity contribution in [3.05, 3.63) is 66.6 Å². The molecule has 2 aromatic carbocycles. The Hall–Kier alpha value is -0.930. The molecule has 0 saturated carbocycles. The van der Waals surface area contributed by atoms with Crippen molar-refractivity contribution in [2.24, 2.45) is 0 Å². The zero-order valence-corrected chi connectivity index (χ0v) is 15.1. The van der Waals surface area contributed by atoms with Crippen molar-refractivity contribution >= 4 is 37.6 Å². The molecule has 0 aliphatic rings. The average Bonchev–Trinajstić information content (AvgIpc) is 2.35. The summed E-state index contributed by atoms with van der Waals surface area (Å²) in [6.45, 7) is 8.13. The SMILES string of the molecule is Cc1cc(C)c(C)c(C(=O)c2cc(Br)cc(Br)c2)c1C. The maximum absolute atomic E-state index is 12.9. The predicted octanol–water partition coefficient (Wildman–Crippen LogP) is 5.68. The standard InChI is InChI=1S/C17H16Br2O/c1-9-5-10(2)12(4)16(11(9)3)17(20)13-6-14(18)8-15(19)7-13/h5-8H,1-4H3. The number of ketones is 1. The summed E-state index contributed by atoms with van der Waals surface area (Å²) >= 11 is 6.88. The van der Waals surface area contributed by atoms with Crippen LogP contribution in [-0.2, 0) is 0 Å². The van der Waals surface area contributed by atoms with Crippen LogP contribution in [0.4, 0.5) is 0 Å². The van der Waals surface area contributed by atoms with Gasteiger partial charge in [-0.3, -0.25) is 4.79 Å². The number of aryl methyl sites for hydroxylation is 2. The lowest BCUT2D eigenvalue weighted by Crippen LogP contribution is -2.09. The Morgan fingerprint density at radius 2 is 1.25 bits per heavy atom. The minimum absolute atomic E-state index is 0.0776. The maximum atomic E-state index is 12.9. The van der Waals surface area contributed by atoms with E-state index in [4.69, 9.17) is 0 Å². The molecule has 0 fully saturated rings. The van der Waals surface area contributed by atoms with Gasteiger partial charge < -0.3 is 0 Å². The van der Waals surface area contributed by atoms with E-state index in [0.717, 1.165) is 36.8 Å². The fourth-order valence-electron chi connectivity index (χ4n) is 2.39. The Morgan fingerprint density at radius 3 is 1.70 bits per heavy atom. The van der Waals surface area contributed by atoms with E-state index in [-0.39, 0.29) is 5.78 Å². The minimum Gasteiger partial charge on any atom is -0.289 e. The molecule has 2 aromatic rings. The Balaban J connectivity index is 2.65. The predicted molar refractivity (Wildman–Crippen MR) is 90.7 cm³/mol. The van der Waals surface area contributed by atoms with Crippen molar-refractivity contribution in [2.45, 2.75) is 27.7 Å².